The fourth-order valence-electron chi connectivity index (χ4n) is 3.08. The molecule has 0 radical (unpaired) electrons. The van der Waals surface area contributed by atoms with Crippen molar-refractivity contribution in [3.8, 4) is 0 Å². The fourth-order valence-corrected chi connectivity index (χ4v) is 3.08. The van der Waals surface area contributed by atoms with Crippen LogP contribution in [-0.4, -0.2) is 24.0 Å². The Morgan fingerprint density at radius 2 is 1.86 bits per heavy atom. The Balaban J connectivity index is 1.90. The van der Waals surface area contributed by atoms with E-state index in [-0.39, 0.29) is 0 Å². The number of hydrogen-bond acceptors (Lipinski definition) is 1. The molecule has 1 saturated heterocycles. The van der Waals surface area contributed by atoms with E-state index in [9.17, 15) is 0 Å². The standard InChI is InChI=1S/C13H25N/c1-10(2)13-9-14(8-7-11(13)3)12-5-4-6-12/h10-13H,4-9H2,1-3H3/t11-,13-/m0/s1. The minimum absolute atomic E-state index is 0.868. The molecule has 0 aromatic rings. The lowest BCUT2D eigenvalue weighted by Gasteiger charge is -2.46. The van der Waals surface area contributed by atoms with Crippen molar-refractivity contribution in [3.05, 3.63) is 0 Å². The quantitative estimate of drug-likeness (QED) is 0.654. The predicted octanol–water partition coefficient (Wildman–Crippen LogP) is 3.15. The van der Waals surface area contributed by atoms with E-state index in [1.807, 2.05) is 0 Å². The SMILES string of the molecule is CC(C)[C@@H]1CN(C2CCC2)CC[C@@H]1C. The summed E-state index contributed by atoms with van der Waals surface area (Å²) in [7, 11) is 0. The van der Waals surface area contributed by atoms with Gasteiger partial charge >= 0.3 is 0 Å². The maximum atomic E-state index is 2.77. The molecule has 82 valence electrons. The average molecular weight is 195 g/mol. The van der Waals surface area contributed by atoms with Gasteiger partial charge in [-0.1, -0.05) is 27.2 Å². The van der Waals surface area contributed by atoms with E-state index in [1.54, 1.807) is 0 Å². The van der Waals surface area contributed by atoms with Gasteiger partial charge in [0.05, 0.1) is 0 Å². The predicted molar refractivity (Wildman–Crippen MR) is 61.3 cm³/mol. The van der Waals surface area contributed by atoms with Crippen LogP contribution in [0.3, 0.4) is 0 Å². The third kappa shape index (κ3) is 1.98. The van der Waals surface area contributed by atoms with Crippen LogP contribution in [0.5, 0.6) is 0 Å². The summed E-state index contributed by atoms with van der Waals surface area (Å²) in [6.45, 7) is 9.98. The van der Waals surface area contributed by atoms with Crippen LogP contribution in [0.25, 0.3) is 0 Å². The summed E-state index contributed by atoms with van der Waals surface area (Å²) < 4.78 is 0. The van der Waals surface area contributed by atoms with Gasteiger partial charge in [-0.05, 0) is 43.6 Å². The third-order valence-corrected chi connectivity index (χ3v) is 4.50. The summed E-state index contributed by atoms with van der Waals surface area (Å²) in [5.41, 5.74) is 0. The van der Waals surface area contributed by atoms with Crippen molar-refractivity contribution < 1.29 is 0 Å². The van der Waals surface area contributed by atoms with Gasteiger partial charge in [-0.15, -0.1) is 0 Å². The maximum Gasteiger partial charge on any atom is 0.00953 e. The van der Waals surface area contributed by atoms with Crippen molar-refractivity contribution in [1.82, 2.24) is 4.90 Å². The average Bonchev–Trinajstić information content (AvgIpc) is 2.04. The van der Waals surface area contributed by atoms with Crippen LogP contribution in [0.2, 0.25) is 0 Å². The van der Waals surface area contributed by atoms with Crippen molar-refractivity contribution in [2.75, 3.05) is 13.1 Å². The van der Waals surface area contributed by atoms with Gasteiger partial charge in [0.15, 0.2) is 0 Å². The smallest absolute Gasteiger partial charge is 0.00953 e. The maximum absolute atomic E-state index is 2.77. The number of nitrogens with zero attached hydrogens (tertiary/aromatic N) is 1. The fraction of sp³-hybridized carbons (Fsp3) is 1.00. The van der Waals surface area contributed by atoms with Crippen LogP contribution < -0.4 is 0 Å². The van der Waals surface area contributed by atoms with E-state index in [0.29, 0.717) is 0 Å². The number of rotatable bonds is 2. The summed E-state index contributed by atoms with van der Waals surface area (Å²) in [4.78, 5) is 2.77. The molecule has 0 amide bonds. The van der Waals surface area contributed by atoms with Gasteiger partial charge in [-0.3, -0.25) is 0 Å². The summed E-state index contributed by atoms with van der Waals surface area (Å²) >= 11 is 0. The summed E-state index contributed by atoms with van der Waals surface area (Å²) in [6, 6.07) is 0.962. The van der Waals surface area contributed by atoms with Crippen molar-refractivity contribution >= 4 is 0 Å². The second-order valence-electron chi connectivity index (χ2n) is 5.75. The lowest BCUT2D eigenvalue weighted by molar-refractivity contribution is 0.0355. The van der Waals surface area contributed by atoms with Crippen LogP contribution in [-0.2, 0) is 0 Å². The van der Waals surface area contributed by atoms with Crippen LogP contribution in [0, 0.1) is 17.8 Å². The highest BCUT2D eigenvalue weighted by Gasteiger charge is 2.33. The Bertz CT molecular complexity index is 184. The van der Waals surface area contributed by atoms with Gasteiger partial charge in [0.1, 0.15) is 0 Å². The molecule has 1 heteroatoms. The lowest BCUT2D eigenvalue weighted by Crippen LogP contribution is -2.49. The second-order valence-corrected chi connectivity index (χ2v) is 5.75. The van der Waals surface area contributed by atoms with Gasteiger partial charge in [0.2, 0.25) is 0 Å². The first-order valence-electron chi connectivity index (χ1n) is 6.42. The molecule has 1 aliphatic heterocycles. The van der Waals surface area contributed by atoms with Gasteiger partial charge in [0.25, 0.3) is 0 Å². The molecule has 0 spiro atoms. The summed E-state index contributed by atoms with van der Waals surface area (Å²) in [6.07, 6.45) is 5.85. The first-order valence-corrected chi connectivity index (χ1v) is 6.42. The Hall–Kier alpha value is -0.0400. The topological polar surface area (TPSA) is 3.24 Å². The van der Waals surface area contributed by atoms with Gasteiger partial charge < -0.3 is 4.90 Å². The van der Waals surface area contributed by atoms with E-state index < -0.39 is 0 Å². The number of piperidine rings is 1. The van der Waals surface area contributed by atoms with Crippen molar-refractivity contribution in [1.29, 1.82) is 0 Å². The molecule has 0 aromatic carbocycles. The normalized spacial score (nSPS) is 36.0. The highest BCUT2D eigenvalue weighted by molar-refractivity contribution is 4.87. The highest BCUT2D eigenvalue weighted by atomic mass is 15.2. The molecular formula is C13H25N. The molecule has 2 fully saturated rings. The molecule has 1 nitrogen and oxygen atoms in total. The molecule has 0 unspecified atom stereocenters. The molecule has 1 heterocycles. The monoisotopic (exact) mass is 195 g/mol. The van der Waals surface area contributed by atoms with E-state index >= 15 is 0 Å². The Labute approximate surface area is 88.9 Å². The Kier molecular flexibility index (Phi) is 3.16. The molecule has 0 bridgehead atoms. The first-order chi connectivity index (χ1) is 6.68. The number of hydrogen-bond donors (Lipinski definition) is 0. The zero-order valence-corrected chi connectivity index (χ0v) is 10.00. The van der Waals surface area contributed by atoms with Crippen LogP contribution in [0.1, 0.15) is 46.5 Å². The molecule has 2 aliphatic rings. The van der Waals surface area contributed by atoms with Crippen LogP contribution in [0.15, 0.2) is 0 Å². The molecule has 1 aliphatic carbocycles. The van der Waals surface area contributed by atoms with Crippen molar-refractivity contribution in [2.24, 2.45) is 17.8 Å². The van der Waals surface area contributed by atoms with E-state index in [2.05, 4.69) is 25.7 Å². The molecule has 2 atom stereocenters. The molecule has 14 heavy (non-hydrogen) atoms. The molecule has 0 aromatic heterocycles. The number of likely N-dealkylation sites (tertiary alicyclic amines) is 1. The third-order valence-electron chi connectivity index (χ3n) is 4.50. The lowest BCUT2D eigenvalue weighted by atomic mass is 9.78. The van der Waals surface area contributed by atoms with E-state index in [4.69, 9.17) is 0 Å². The van der Waals surface area contributed by atoms with Crippen LogP contribution >= 0.6 is 0 Å². The van der Waals surface area contributed by atoms with Gasteiger partial charge in [-0.25, -0.2) is 0 Å². The van der Waals surface area contributed by atoms with Crippen molar-refractivity contribution in [2.45, 2.75) is 52.5 Å². The summed E-state index contributed by atoms with van der Waals surface area (Å²) in [5, 5.41) is 0. The molecular weight excluding hydrogens is 170 g/mol. The van der Waals surface area contributed by atoms with Gasteiger partial charge in [-0.2, -0.15) is 0 Å². The summed E-state index contributed by atoms with van der Waals surface area (Å²) in [5.74, 6) is 2.77. The minimum atomic E-state index is 0.868. The second kappa shape index (κ2) is 4.22. The molecule has 0 N–H and O–H groups in total. The zero-order chi connectivity index (χ0) is 10.1. The molecule has 1 saturated carbocycles. The Morgan fingerprint density at radius 1 is 1.14 bits per heavy atom. The first kappa shape index (κ1) is 10.5. The van der Waals surface area contributed by atoms with Crippen LogP contribution in [0.4, 0.5) is 0 Å². The highest BCUT2D eigenvalue weighted by Crippen LogP contribution is 2.34. The molecule has 2 rings (SSSR count). The van der Waals surface area contributed by atoms with Crippen molar-refractivity contribution in [3.63, 3.8) is 0 Å². The largest absolute Gasteiger partial charge is 0.300 e. The van der Waals surface area contributed by atoms with E-state index in [1.165, 1.54) is 38.8 Å². The van der Waals surface area contributed by atoms with Gasteiger partial charge in [0, 0.05) is 12.6 Å². The minimum Gasteiger partial charge on any atom is -0.300 e. The van der Waals surface area contributed by atoms with E-state index in [0.717, 1.165) is 23.8 Å². The zero-order valence-electron chi connectivity index (χ0n) is 10.00. The Morgan fingerprint density at radius 3 is 2.36 bits per heavy atom.